The molecule has 2 saturated heterocycles. The van der Waals surface area contributed by atoms with Crippen molar-refractivity contribution in [1.82, 2.24) is 14.7 Å². The van der Waals surface area contributed by atoms with Gasteiger partial charge in [-0.05, 0) is 33.1 Å². The van der Waals surface area contributed by atoms with Crippen molar-refractivity contribution >= 4 is 29.5 Å². The van der Waals surface area contributed by atoms with Crippen LogP contribution in [0.4, 0.5) is 0 Å². The lowest BCUT2D eigenvalue weighted by molar-refractivity contribution is -0.145. The van der Waals surface area contributed by atoms with Crippen molar-refractivity contribution in [2.45, 2.75) is 68.0 Å². The smallest absolute Gasteiger partial charge is 0.247 e. The summed E-state index contributed by atoms with van der Waals surface area (Å²) in [6.07, 6.45) is 11.3. The first-order valence-electron chi connectivity index (χ1n) is 12.2. The van der Waals surface area contributed by atoms with Crippen molar-refractivity contribution in [1.29, 1.82) is 0 Å². The summed E-state index contributed by atoms with van der Waals surface area (Å²) in [5, 5.41) is 9.30. The number of hydrogen-bond acceptors (Lipinski definition) is 5. The fourth-order valence-corrected chi connectivity index (χ4v) is 8.42. The van der Waals surface area contributed by atoms with E-state index in [1.807, 2.05) is 24.0 Å². The second-order valence-corrected chi connectivity index (χ2v) is 11.9. The van der Waals surface area contributed by atoms with Gasteiger partial charge in [-0.15, -0.1) is 11.8 Å². The zero-order valence-corrected chi connectivity index (χ0v) is 21.0. The number of unbranched alkanes of at least 4 members (excludes halogenated alkanes) is 1. The van der Waals surface area contributed by atoms with E-state index < -0.39 is 27.4 Å². The van der Waals surface area contributed by atoms with Crippen LogP contribution in [0.1, 0.15) is 46.5 Å². The minimum atomic E-state index is -0.772. The molecule has 6 atom stereocenters. The molecule has 3 amide bonds. The van der Waals surface area contributed by atoms with E-state index in [1.165, 1.54) is 0 Å². The Balaban J connectivity index is 1.81. The van der Waals surface area contributed by atoms with Crippen molar-refractivity contribution in [3.05, 3.63) is 24.3 Å². The standard InChI is InChI=1S/C25H37N3O4S/c1-5-10-17(2)27-15-9-12-25-19(18-21(30)26(4)13-8-11-24(18,3)33-25)22(31)28(14-6-7-16-29)20(25)23(27)32/h8-9,11-12,17-20,29H,5-7,10,13-16H2,1-4H3/t17?,18-,19+,20?,24+,25+/m1/s1. The van der Waals surface area contributed by atoms with Crippen molar-refractivity contribution in [3.63, 3.8) is 0 Å². The Kier molecular flexibility index (Phi) is 6.71. The van der Waals surface area contributed by atoms with E-state index in [-0.39, 0.29) is 30.4 Å². The van der Waals surface area contributed by atoms with Gasteiger partial charge in [0.05, 0.1) is 16.6 Å². The number of rotatable bonds is 7. The van der Waals surface area contributed by atoms with Crippen LogP contribution in [0.2, 0.25) is 0 Å². The Morgan fingerprint density at radius 1 is 1.09 bits per heavy atom. The van der Waals surface area contributed by atoms with Crippen LogP contribution in [0.25, 0.3) is 0 Å². The van der Waals surface area contributed by atoms with Crippen LogP contribution in [0.5, 0.6) is 0 Å². The van der Waals surface area contributed by atoms with Crippen LogP contribution < -0.4 is 0 Å². The van der Waals surface area contributed by atoms with Crippen LogP contribution in [-0.4, -0.2) is 92.4 Å². The Hall–Kier alpha value is -1.80. The van der Waals surface area contributed by atoms with E-state index in [4.69, 9.17) is 0 Å². The van der Waals surface area contributed by atoms with Gasteiger partial charge in [0.25, 0.3) is 0 Å². The van der Waals surface area contributed by atoms with Gasteiger partial charge in [0.15, 0.2) is 0 Å². The lowest BCUT2D eigenvalue weighted by atomic mass is 9.74. The van der Waals surface area contributed by atoms with Crippen LogP contribution >= 0.6 is 11.8 Å². The molecule has 182 valence electrons. The zero-order valence-electron chi connectivity index (χ0n) is 20.2. The second kappa shape index (κ2) is 9.10. The first kappa shape index (κ1) is 24.3. The molecule has 4 heterocycles. The summed E-state index contributed by atoms with van der Waals surface area (Å²) in [6, 6.07) is -0.553. The molecule has 4 rings (SSSR count). The van der Waals surface area contributed by atoms with E-state index >= 15 is 0 Å². The van der Waals surface area contributed by atoms with Gasteiger partial charge >= 0.3 is 0 Å². The van der Waals surface area contributed by atoms with Crippen molar-refractivity contribution in [2.75, 3.05) is 33.3 Å². The monoisotopic (exact) mass is 475 g/mol. The molecule has 4 aliphatic heterocycles. The predicted octanol–water partition coefficient (Wildman–Crippen LogP) is 2.06. The summed E-state index contributed by atoms with van der Waals surface area (Å²) in [5.41, 5.74) is 0. The number of thioether (sulfide) groups is 1. The molecule has 0 aromatic heterocycles. The van der Waals surface area contributed by atoms with Crippen molar-refractivity contribution in [3.8, 4) is 0 Å². The first-order valence-corrected chi connectivity index (χ1v) is 13.1. The second-order valence-electron chi connectivity index (χ2n) is 10.1. The Bertz CT molecular complexity index is 876. The van der Waals surface area contributed by atoms with Gasteiger partial charge in [-0.1, -0.05) is 37.6 Å². The lowest BCUT2D eigenvalue weighted by Gasteiger charge is -2.38. The summed E-state index contributed by atoms with van der Waals surface area (Å²) in [6.45, 7) is 7.76. The van der Waals surface area contributed by atoms with Gasteiger partial charge in [-0.3, -0.25) is 14.4 Å². The number of hydrogen-bond donors (Lipinski definition) is 1. The number of carbonyl (C=O) groups excluding carboxylic acids is 3. The zero-order chi connectivity index (χ0) is 24.0. The topological polar surface area (TPSA) is 81.2 Å². The molecular formula is C25H37N3O4S. The normalized spacial score (nSPS) is 36.6. The van der Waals surface area contributed by atoms with Crippen LogP contribution in [-0.2, 0) is 14.4 Å². The third kappa shape index (κ3) is 3.73. The largest absolute Gasteiger partial charge is 0.396 e. The Morgan fingerprint density at radius 2 is 1.82 bits per heavy atom. The number of aliphatic hydroxyl groups excluding tert-OH is 1. The number of aliphatic hydroxyl groups is 1. The average Bonchev–Trinajstić information content (AvgIpc) is 3.03. The number of likely N-dealkylation sites (N-methyl/N-ethyl adjacent to an activating group) is 1. The Labute approximate surface area is 201 Å². The van der Waals surface area contributed by atoms with E-state index in [1.54, 1.807) is 28.6 Å². The predicted molar refractivity (Wildman–Crippen MR) is 130 cm³/mol. The summed E-state index contributed by atoms with van der Waals surface area (Å²) in [5.74, 6) is -1.23. The third-order valence-electron chi connectivity index (χ3n) is 7.84. The molecule has 2 fully saturated rings. The summed E-state index contributed by atoms with van der Waals surface area (Å²) in [7, 11) is 1.78. The fraction of sp³-hybridized carbons (Fsp3) is 0.720. The average molecular weight is 476 g/mol. The molecule has 2 unspecified atom stereocenters. The van der Waals surface area contributed by atoms with Gasteiger partial charge in [0.2, 0.25) is 17.7 Å². The van der Waals surface area contributed by atoms with E-state index in [2.05, 4.69) is 26.0 Å². The molecule has 0 saturated carbocycles. The molecule has 0 aliphatic carbocycles. The van der Waals surface area contributed by atoms with Crippen molar-refractivity contribution < 1.29 is 19.5 Å². The molecular weight excluding hydrogens is 438 g/mol. The van der Waals surface area contributed by atoms with E-state index in [0.717, 1.165) is 12.8 Å². The molecule has 7 nitrogen and oxygen atoms in total. The molecule has 0 aromatic carbocycles. The van der Waals surface area contributed by atoms with Gasteiger partial charge in [0, 0.05) is 44.1 Å². The maximum absolute atomic E-state index is 14.1. The maximum Gasteiger partial charge on any atom is 0.247 e. The van der Waals surface area contributed by atoms with Crippen LogP contribution in [0.3, 0.4) is 0 Å². The molecule has 0 bridgehead atoms. The highest BCUT2D eigenvalue weighted by Gasteiger charge is 2.73. The van der Waals surface area contributed by atoms with Crippen LogP contribution in [0.15, 0.2) is 24.3 Å². The molecule has 1 N–H and O–H groups in total. The minimum Gasteiger partial charge on any atom is -0.396 e. The number of amides is 3. The summed E-state index contributed by atoms with van der Waals surface area (Å²) >= 11 is 1.63. The van der Waals surface area contributed by atoms with Gasteiger partial charge in [0.1, 0.15) is 6.04 Å². The minimum absolute atomic E-state index is 0.0156. The number of nitrogens with zero attached hydrogens (tertiary/aromatic N) is 3. The molecule has 8 heteroatoms. The quantitative estimate of drug-likeness (QED) is 0.450. The highest BCUT2D eigenvalue weighted by atomic mass is 32.2. The van der Waals surface area contributed by atoms with E-state index in [0.29, 0.717) is 32.5 Å². The summed E-state index contributed by atoms with van der Waals surface area (Å²) < 4.78 is -1.32. The van der Waals surface area contributed by atoms with Gasteiger partial charge < -0.3 is 19.8 Å². The molecule has 0 aromatic rings. The van der Waals surface area contributed by atoms with Gasteiger partial charge in [-0.25, -0.2) is 0 Å². The SMILES string of the molecule is CCCC(C)N1CC=C[C@]23S[C@@]4(C)C=CCN(C)C(=O)[C@H]4[C@H]2C(=O)N(CCCCO)C3C1=O. The fourth-order valence-electron chi connectivity index (χ4n) is 6.26. The molecule has 33 heavy (non-hydrogen) atoms. The van der Waals surface area contributed by atoms with Crippen molar-refractivity contribution in [2.24, 2.45) is 11.8 Å². The molecule has 0 radical (unpaired) electrons. The van der Waals surface area contributed by atoms with Gasteiger partial charge in [-0.2, -0.15) is 0 Å². The number of likely N-dealkylation sites (tertiary alicyclic amines) is 1. The number of fused-ring (bicyclic) bond motifs is 2. The van der Waals surface area contributed by atoms with E-state index in [9.17, 15) is 19.5 Å². The molecule has 1 spiro atoms. The third-order valence-corrected chi connectivity index (χ3v) is 9.63. The molecule has 4 aliphatic rings. The lowest BCUT2D eigenvalue weighted by Crippen LogP contribution is -2.55. The highest BCUT2D eigenvalue weighted by molar-refractivity contribution is 8.02. The van der Waals surface area contributed by atoms with Crippen LogP contribution in [0, 0.1) is 11.8 Å². The maximum atomic E-state index is 14.1. The number of carbonyl (C=O) groups is 3. The first-order chi connectivity index (χ1) is 15.7. The Morgan fingerprint density at radius 3 is 2.52 bits per heavy atom. The highest BCUT2D eigenvalue weighted by Crippen LogP contribution is 2.65. The summed E-state index contributed by atoms with van der Waals surface area (Å²) in [4.78, 5) is 47.0.